The third kappa shape index (κ3) is 2.76. The average Bonchev–Trinajstić information content (AvgIpc) is 2.31. The van der Waals surface area contributed by atoms with Gasteiger partial charge in [0, 0.05) is 21.9 Å². The van der Waals surface area contributed by atoms with E-state index in [4.69, 9.17) is 17.3 Å². The maximum absolute atomic E-state index is 13.4. The Morgan fingerprint density at radius 2 is 1.67 bits per heavy atom. The van der Waals surface area contributed by atoms with Crippen LogP contribution in [0, 0.1) is 11.6 Å². The van der Waals surface area contributed by atoms with E-state index < -0.39 is 11.6 Å². The predicted octanol–water partition coefficient (Wildman–Crippen LogP) is 4.49. The van der Waals surface area contributed by atoms with Gasteiger partial charge < -0.3 is 5.73 Å². The van der Waals surface area contributed by atoms with Crippen molar-refractivity contribution in [1.82, 2.24) is 0 Å². The van der Waals surface area contributed by atoms with Crippen molar-refractivity contribution in [2.24, 2.45) is 0 Å². The lowest BCUT2D eigenvalue weighted by atomic mass is 10.2. The summed E-state index contributed by atoms with van der Waals surface area (Å²) in [4.78, 5) is 0.641. The molecule has 94 valence electrons. The van der Waals surface area contributed by atoms with Crippen molar-refractivity contribution >= 4 is 29.1 Å². The number of nitrogens with two attached hydrogens (primary N) is 1. The molecule has 0 heterocycles. The maximum Gasteiger partial charge on any atom is 0.130 e. The maximum atomic E-state index is 13.4. The highest BCUT2D eigenvalue weighted by Gasteiger charge is 2.11. The average molecular weight is 286 g/mol. The molecular formula is C13H10ClF2NS. The van der Waals surface area contributed by atoms with E-state index in [2.05, 4.69) is 0 Å². The first-order chi connectivity index (χ1) is 8.59. The summed E-state index contributed by atoms with van der Waals surface area (Å²) in [5, 5.41) is 0.483. The highest BCUT2D eigenvalue weighted by molar-refractivity contribution is 7.98. The Balaban J connectivity index is 2.22. The Labute approximate surface area is 113 Å². The summed E-state index contributed by atoms with van der Waals surface area (Å²) in [6, 6.07) is 8.92. The van der Waals surface area contributed by atoms with Gasteiger partial charge in [0.15, 0.2) is 0 Å². The highest BCUT2D eigenvalue weighted by Crippen LogP contribution is 2.35. The van der Waals surface area contributed by atoms with Gasteiger partial charge in [-0.3, -0.25) is 0 Å². The molecule has 0 atom stereocenters. The molecular weight excluding hydrogens is 276 g/mol. The second-order valence-corrected chi connectivity index (χ2v) is 5.04. The number of nitrogen functional groups attached to an aromatic ring is 1. The molecule has 0 amide bonds. The van der Waals surface area contributed by atoms with Gasteiger partial charge in [-0.2, -0.15) is 0 Å². The van der Waals surface area contributed by atoms with Crippen LogP contribution < -0.4 is 5.73 Å². The van der Waals surface area contributed by atoms with Gasteiger partial charge in [0.1, 0.15) is 11.6 Å². The molecule has 18 heavy (non-hydrogen) atoms. The third-order valence-corrected chi connectivity index (χ3v) is 4.02. The number of anilines is 1. The molecule has 2 aromatic rings. The van der Waals surface area contributed by atoms with Crippen LogP contribution in [0.1, 0.15) is 5.56 Å². The van der Waals surface area contributed by atoms with Gasteiger partial charge in [-0.25, -0.2) is 8.78 Å². The smallest absolute Gasteiger partial charge is 0.130 e. The van der Waals surface area contributed by atoms with Crippen LogP contribution in [0.4, 0.5) is 14.5 Å². The number of hydrogen-bond acceptors (Lipinski definition) is 2. The Morgan fingerprint density at radius 1 is 1.06 bits per heavy atom. The molecule has 0 saturated carbocycles. The zero-order valence-electron chi connectivity index (χ0n) is 9.29. The molecule has 1 nitrogen and oxygen atoms in total. The van der Waals surface area contributed by atoms with Gasteiger partial charge >= 0.3 is 0 Å². The van der Waals surface area contributed by atoms with Gasteiger partial charge in [0.05, 0.1) is 5.02 Å². The van der Waals surface area contributed by atoms with E-state index in [1.54, 1.807) is 18.2 Å². The van der Waals surface area contributed by atoms with Crippen LogP contribution in [-0.2, 0) is 5.75 Å². The SMILES string of the molecule is Nc1cccc(Cl)c1SCc1c(F)cccc1F. The number of halogens is 3. The summed E-state index contributed by atoms with van der Waals surface area (Å²) in [5.41, 5.74) is 6.30. The summed E-state index contributed by atoms with van der Waals surface area (Å²) in [6.07, 6.45) is 0. The van der Waals surface area contributed by atoms with Gasteiger partial charge in [-0.1, -0.05) is 23.7 Å². The molecule has 5 heteroatoms. The van der Waals surface area contributed by atoms with Crippen LogP contribution >= 0.6 is 23.4 Å². The highest BCUT2D eigenvalue weighted by atomic mass is 35.5. The zero-order chi connectivity index (χ0) is 13.1. The molecule has 2 N–H and O–H groups in total. The molecule has 0 spiro atoms. The van der Waals surface area contributed by atoms with E-state index in [0.29, 0.717) is 15.6 Å². The molecule has 2 rings (SSSR count). The fourth-order valence-corrected chi connectivity index (χ4v) is 2.84. The van der Waals surface area contributed by atoms with E-state index in [9.17, 15) is 8.78 Å². The van der Waals surface area contributed by atoms with Crippen LogP contribution in [-0.4, -0.2) is 0 Å². The minimum atomic E-state index is -0.562. The van der Waals surface area contributed by atoms with Gasteiger partial charge in [0.2, 0.25) is 0 Å². The predicted molar refractivity (Wildman–Crippen MR) is 71.8 cm³/mol. The van der Waals surface area contributed by atoms with E-state index in [0.717, 1.165) is 0 Å². The van der Waals surface area contributed by atoms with Gasteiger partial charge in [0.25, 0.3) is 0 Å². The molecule has 0 radical (unpaired) electrons. The van der Waals surface area contributed by atoms with Crippen molar-refractivity contribution in [3.05, 3.63) is 58.6 Å². The second kappa shape index (κ2) is 5.59. The Morgan fingerprint density at radius 3 is 2.28 bits per heavy atom. The van der Waals surface area contributed by atoms with E-state index in [1.165, 1.54) is 30.0 Å². The van der Waals surface area contributed by atoms with Crippen molar-refractivity contribution < 1.29 is 8.78 Å². The molecule has 0 unspecified atom stereocenters. The minimum absolute atomic E-state index is 0.0295. The van der Waals surface area contributed by atoms with Crippen molar-refractivity contribution in [2.75, 3.05) is 5.73 Å². The summed E-state index contributed by atoms with van der Waals surface area (Å²) in [5.74, 6) is -0.979. The first-order valence-electron chi connectivity index (χ1n) is 5.19. The van der Waals surface area contributed by atoms with Gasteiger partial charge in [-0.15, -0.1) is 11.8 Å². The van der Waals surface area contributed by atoms with Crippen LogP contribution in [0.3, 0.4) is 0 Å². The first kappa shape index (κ1) is 13.2. The third-order valence-electron chi connectivity index (χ3n) is 2.42. The normalized spacial score (nSPS) is 10.6. The summed E-state index contributed by atoms with van der Waals surface area (Å²) in [7, 11) is 0. The van der Waals surface area contributed by atoms with Crippen LogP contribution in [0.5, 0.6) is 0 Å². The lowest BCUT2D eigenvalue weighted by Gasteiger charge is -2.08. The second-order valence-electron chi connectivity index (χ2n) is 3.65. The van der Waals surface area contributed by atoms with Crippen LogP contribution in [0.2, 0.25) is 5.02 Å². The fraction of sp³-hybridized carbons (Fsp3) is 0.0769. The topological polar surface area (TPSA) is 26.0 Å². The van der Waals surface area contributed by atoms with E-state index in [1.807, 2.05) is 0 Å². The summed E-state index contributed by atoms with van der Waals surface area (Å²) in [6.45, 7) is 0. The number of benzene rings is 2. The van der Waals surface area contributed by atoms with Gasteiger partial charge in [-0.05, 0) is 24.3 Å². The zero-order valence-corrected chi connectivity index (χ0v) is 10.9. The number of thioether (sulfide) groups is 1. The standard InChI is InChI=1S/C13H10ClF2NS/c14-9-3-1-6-12(17)13(9)18-7-8-10(15)4-2-5-11(8)16/h1-6H,7,17H2. The Bertz CT molecular complexity index is 483. The summed E-state index contributed by atoms with van der Waals surface area (Å²) < 4.78 is 26.9. The molecule has 0 aliphatic heterocycles. The molecule has 0 aliphatic carbocycles. The van der Waals surface area contributed by atoms with Crippen molar-refractivity contribution in [3.63, 3.8) is 0 Å². The summed E-state index contributed by atoms with van der Waals surface area (Å²) >= 11 is 7.21. The molecule has 2 aromatic carbocycles. The van der Waals surface area contributed by atoms with Crippen LogP contribution in [0.25, 0.3) is 0 Å². The molecule has 0 fully saturated rings. The quantitative estimate of drug-likeness (QED) is 0.664. The largest absolute Gasteiger partial charge is 0.398 e. The monoisotopic (exact) mass is 285 g/mol. The van der Waals surface area contributed by atoms with Crippen LogP contribution in [0.15, 0.2) is 41.3 Å². The first-order valence-corrected chi connectivity index (χ1v) is 6.55. The lowest BCUT2D eigenvalue weighted by molar-refractivity contribution is 0.566. The van der Waals surface area contributed by atoms with E-state index >= 15 is 0 Å². The minimum Gasteiger partial charge on any atom is -0.398 e. The lowest BCUT2D eigenvalue weighted by Crippen LogP contribution is -1.94. The van der Waals surface area contributed by atoms with E-state index in [-0.39, 0.29) is 11.3 Å². The van der Waals surface area contributed by atoms with Crippen molar-refractivity contribution in [2.45, 2.75) is 10.6 Å². The van der Waals surface area contributed by atoms with Crippen molar-refractivity contribution in [1.29, 1.82) is 0 Å². The molecule has 0 aliphatic rings. The Hall–Kier alpha value is -1.26. The molecule has 0 bridgehead atoms. The number of hydrogen-bond donors (Lipinski definition) is 1. The molecule has 0 aromatic heterocycles. The molecule has 0 saturated heterocycles. The number of rotatable bonds is 3. The Kier molecular flexibility index (Phi) is 4.09. The fourth-order valence-electron chi connectivity index (χ4n) is 1.49. The van der Waals surface area contributed by atoms with Crippen molar-refractivity contribution in [3.8, 4) is 0 Å².